The van der Waals surface area contributed by atoms with Gasteiger partial charge in [0.25, 0.3) is 0 Å². The highest BCUT2D eigenvalue weighted by molar-refractivity contribution is 6.37. The molecule has 2 heterocycles. The second-order valence-corrected chi connectivity index (χ2v) is 5.67. The summed E-state index contributed by atoms with van der Waals surface area (Å²) in [7, 11) is 1.68. The van der Waals surface area contributed by atoms with Gasteiger partial charge in [0, 0.05) is 18.5 Å². The third kappa shape index (κ3) is 2.04. The molecule has 120 valence electrons. The maximum Gasteiger partial charge on any atom is 0.354 e. The van der Waals surface area contributed by atoms with Crippen LogP contribution in [0, 0.1) is 0 Å². The van der Waals surface area contributed by atoms with Crippen LogP contribution < -0.4 is 11.0 Å². The summed E-state index contributed by atoms with van der Waals surface area (Å²) < 4.78 is 6.97. The largest absolute Gasteiger partial charge is 0.508 e. The summed E-state index contributed by atoms with van der Waals surface area (Å²) in [4.78, 5) is 16.7. The van der Waals surface area contributed by atoms with E-state index in [1.807, 2.05) is 0 Å². The number of nitrogens with one attached hydrogen (secondary N) is 1. The molecule has 0 saturated heterocycles. The van der Waals surface area contributed by atoms with Gasteiger partial charge in [0.05, 0.1) is 27.9 Å². The molecule has 0 aliphatic rings. The van der Waals surface area contributed by atoms with Crippen LogP contribution in [0.5, 0.6) is 5.75 Å². The van der Waals surface area contributed by atoms with Crippen LogP contribution in [-0.2, 0) is 0 Å². The Labute approximate surface area is 140 Å². The van der Waals surface area contributed by atoms with Crippen molar-refractivity contribution in [2.24, 2.45) is 0 Å². The van der Waals surface area contributed by atoms with Crippen molar-refractivity contribution in [2.45, 2.75) is 0 Å². The second-order valence-electron chi connectivity index (χ2n) is 5.26. The molecule has 0 unspecified atom stereocenters. The van der Waals surface area contributed by atoms with Crippen molar-refractivity contribution in [1.82, 2.24) is 9.55 Å². The number of benzene rings is 2. The summed E-state index contributed by atoms with van der Waals surface area (Å²) >= 11 is 6.35. The zero-order valence-electron chi connectivity index (χ0n) is 12.6. The number of phenols is 1. The van der Waals surface area contributed by atoms with Gasteiger partial charge < -0.3 is 14.8 Å². The summed E-state index contributed by atoms with van der Waals surface area (Å²) in [5.74, 6) is 0.457. The van der Waals surface area contributed by atoms with Crippen molar-refractivity contribution in [1.29, 1.82) is 0 Å². The topological polar surface area (TPSA) is 80.3 Å². The zero-order chi connectivity index (χ0) is 16.8. The molecule has 2 aromatic heterocycles. The molecule has 4 rings (SSSR count). The van der Waals surface area contributed by atoms with E-state index in [0.29, 0.717) is 33.0 Å². The van der Waals surface area contributed by atoms with Crippen molar-refractivity contribution in [2.75, 3.05) is 12.4 Å². The lowest BCUT2D eigenvalue weighted by Gasteiger charge is -2.13. The fraction of sp³-hybridized carbons (Fsp3) is 0.0588. The summed E-state index contributed by atoms with van der Waals surface area (Å²) in [6, 6.07) is 9.85. The molecular formula is C17H12ClN3O3. The van der Waals surface area contributed by atoms with Crippen LogP contribution in [0.1, 0.15) is 0 Å². The van der Waals surface area contributed by atoms with Crippen molar-refractivity contribution in [3.8, 4) is 11.4 Å². The highest BCUT2D eigenvalue weighted by atomic mass is 35.5. The summed E-state index contributed by atoms with van der Waals surface area (Å²) in [6.07, 6.45) is 1.54. The van der Waals surface area contributed by atoms with Crippen LogP contribution in [0.4, 0.5) is 5.82 Å². The van der Waals surface area contributed by atoms with Crippen LogP contribution in [0.3, 0.4) is 0 Å². The van der Waals surface area contributed by atoms with Crippen molar-refractivity contribution >= 4 is 39.3 Å². The lowest BCUT2D eigenvalue weighted by molar-refractivity contribution is 0.475. The lowest BCUT2D eigenvalue weighted by atomic mass is 10.1. The Morgan fingerprint density at radius 2 is 2.12 bits per heavy atom. The summed E-state index contributed by atoms with van der Waals surface area (Å²) in [5, 5.41) is 14.5. The van der Waals surface area contributed by atoms with Crippen molar-refractivity contribution in [3.05, 3.63) is 58.2 Å². The van der Waals surface area contributed by atoms with E-state index in [2.05, 4.69) is 10.3 Å². The Morgan fingerprint density at radius 1 is 1.29 bits per heavy atom. The predicted molar refractivity (Wildman–Crippen MR) is 93.3 cm³/mol. The first-order valence-electron chi connectivity index (χ1n) is 7.20. The minimum absolute atomic E-state index is 0.0513. The first kappa shape index (κ1) is 14.6. The molecule has 0 saturated carbocycles. The van der Waals surface area contributed by atoms with Crippen molar-refractivity contribution in [3.63, 3.8) is 0 Å². The van der Waals surface area contributed by atoms with Crippen LogP contribution in [0.2, 0.25) is 5.02 Å². The third-order valence-electron chi connectivity index (χ3n) is 3.87. The molecule has 2 aromatic carbocycles. The Balaban J connectivity index is 2.24. The smallest absolute Gasteiger partial charge is 0.354 e. The Hall–Kier alpha value is -2.99. The molecule has 2 N–H and O–H groups in total. The van der Waals surface area contributed by atoms with E-state index in [1.54, 1.807) is 37.6 Å². The van der Waals surface area contributed by atoms with E-state index in [4.69, 9.17) is 16.0 Å². The van der Waals surface area contributed by atoms with Crippen LogP contribution in [0.15, 0.2) is 51.9 Å². The quantitative estimate of drug-likeness (QED) is 0.583. The molecule has 0 aliphatic carbocycles. The SMILES string of the molecule is CNc1nc(=O)n(-c2cccc(O)c2)c2cc(Cl)c3ccoc3c12. The number of fused-ring (bicyclic) bond motifs is 3. The normalized spacial score (nSPS) is 11.2. The standard InChI is InChI=1S/C17H12ClN3O3/c1-19-16-14-13(8-12(18)11-5-6-24-15(11)14)21(17(23)20-16)9-3-2-4-10(22)7-9/h2-8,22H,1H3,(H,19,20,23). The number of hydrogen-bond donors (Lipinski definition) is 2. The Bertz CT molecular complexity index is 1150. The van der Waals surface area contributed by atoms with Gasteiger partial charge in [-0.2, -0.15) is 4.98 Å². The highest BCUT2D eigenvalue weighted by Gasteiger charge is 2.18. The van der Waals surface area contributed by atoms with Gasteiger partial charge >= 0.3 is 5.69 Å². The first-order chi connectivity index (χ1) is 11.6. The van der Waals surface area contributed by atoms with E-state index < -0.39 is 5.69 Å². The summed E-state index contributed by atoms with van der Waals surface area (Å²) in [5.41, 5.74) is 1.09. The fourth-order valence-corrected chi connectivity index (χ4v) is 3.10. The van der Waals surface area contributed by atoms with Gasteiger partial charge in [0.1, 0.15) is 17.2 Å². The number of anilines is 1. The molecule has 4 aromatic rings. The highest BCUT2D eigenvalue weighted by Crippen LogP contribution is 2.35. The van der Waals surface area contributed by atoms with Gasteiger partial charge in [0.2, 0.25) is 0 Å². The Morgan fingerprint density at radius 3 is 2.88 bits per heavy atom. The maximum atomic E-state index is 12.6. The number of hydrogen-bond acceptors (Lipinski definition) is 5. The average molecular weight is 342 g/mol. The monoisotopic (exact) mass is 341 g/mol. The molecule has 6 nitrogen and oxygen atoms in total. The molecule has 0 amide bonds. The molecule has 0 fully saturated rings. The molecular weight excluding hydrogens is 330 g/mol. The first-order valence-corrected chi connectivity index (χ1v) is 7.57. The van der Waals surface area contributed by atoms with Crippen molar-refractivity contribution < 1.29 is 9.52 Å². The number of phenolic OH excluding ortho intramolecular Hbond substituents is 1. The minimum Gasteiger partial charge on any atom is -0.508 e. The number of rotatable bonds is 2. The zero-order valence-corrected chi connectivity index (χ0v) is 13.3. The van der Waals surface area contributed by atoms with E-state index in [9.17, 15) is 9.90 Å². The van der Waals surface area contributed by atoms with E-state index in [-0.39, 0.29) is 5.75 Å². The van der Waals surface area contributed by atoms with E-state index in [0.717, 1.165) is 5.39 Å². The minimum atomic E-state index is -0.487. The molecule has 0 aliphatic heterocycles. The van der Waals surface area contributed by atoms with Gasteiger partial charge in [-0.3, -0.25) is 4.57 Å². The molecule has 0 radical (unpaired) electrons. The number of furan rings is 1. The van der Waals surface area contributed by atoms with Gasteiger partial charge in [-0.1, -0.05) is 17.7 Å². The Kier molecular flexibility index (Phi) is 3.21. The van der Waals surface area contributed by atoms with E-state index in [1.165, 1.54) is 16.7 Å². The third-order valence-corrected chi connectivity index (χ3v) is 4.18. The molecule has 0 bridgehead atoms. The number of nitrogens with zero attached hydrogens (tertiary/aromatic N) is 2. The van der Waals surface area contributed by atoms with Gasteiger partial charge in [-0.25, -0.2) is 4.79 Å². The molecule has 24 heavy (non-hydrogen) atoms. The number of aromatic hydroxyl groups is 1. The van der Waals surface area contributed by atoms with Gasteiger partial charge in [-0.15, -0.1) is 0 Å². The van der Waals surface area contributed by atoms with Crippen LogP contribution in [-0.4, -0.2) is 21.7 Å². The second kappa shape index (κ2) is 5.28. The molecule has 0 spiro atoms. The average Bonchev–Trinajstić information content (AvgIpc) is 3.04. The van der Waals surface area contributed by atoms with Gasteiger partial charge in [-0.05, 0) is 24.3 Å². The fourth-order valence-electron chi connectivity index (χ4n) is 2.85. The number of aromatic nitrogens is 2. The van der Waals surface area contributed by atoms with Crippen LogP contribution >= 0.6 is 11.6 Å². The maximum absolute atomic E-state index is 12.6. The molecule has 7 heteroatoms. The predicted octanol–water partition coefficient (Wildman–Crippen LogP) is 3.53. The molecule has 0 atom stereocenters. The lowest BCUT2D eigenvalue weighted by Crippen LogP contribution is -2.23. The number of halogens is 1. The van der Waals surface area contributed by atoms with E-state index >= 15 is 0 Å². The van der Waals surface area contributed by atoms with Crippen LogP contribution in [0.25, 0.3) is 27.6 Å². The van der Waals surface area contributed by atoms with Gasteiger partial charge in [0.15, 0.2) is 0 Å². The summed E-state index contributed by atoms with van der Waals surface area (Å²) in [6.45, 7) is 0.